The lowest BCUT2D eigenvalue weighted by Gasteiger charge is -2.08. The molecule has 1 aromatic carbocycles. The van der Waals surface area contributed by atoms with Gasteiger partial charge in [0.05, 0.1) is 6.20 Å². The van der Waals surface area contributed by atoms with Gasteiger partial charge in [0, 0.05) is 5.69 Å². The number of ether oxygens (including phenoxy) is 1. The lowest BCUT2D eigenvalue weighted by molar-refractivity contribution is 0.476. The monoisotopic (exact) mass is 211 g/mol. The van der Waals surface area contributed by atoms with Crippen molar-refractivity contribution in [3.05, 3.63) is 53.3 Å². The number of nitrogens with zero attached hydrogens (tertiary/aromatic N) is 1. The van der Waals surface area contributed by atoms with Gasteiger partial charge in [-0.05, 0) is 43.0 Å². The molecule has 2 aromatic rings. The molecule has 0 unspecified atom stereocenters. The number of aryl methyl sites for hydroxylation is 3. The molecule has 2 nitrogen and oxygen atoms in total. The summed E-state index contributed by atoms with van der Waals surface area (Å²) in [6.07, 6.45) is 3.88. The molecule has 1 aliphatic rings. The van der Waals surface area contributed by atoms with Crippen LogP contribution in [0.1, 0.15) is 16.8 Å². The van der Waals surface area contributed by atoms with Gasteiger partial charge in [0.1, 0.15) is 11.5 Å². The van der Waals surface area contributed by atoms with Crippen LogP contribution < -0.4 is 4.74 Å². The first-order valence-electron chi connectivity index (χ1n) is 5.54. The summed E-state index contributed by atoms with van der Waals surface area (Å²) >= 11 is 0. The van der Waals surface area contributed by atoms with Gasteiger partial charge in [-0.2, -0.15) is 0 Å². The Labute approximate surface area is 94.9 Å². The Morgan fingerprint density at radius 3 is 2.81 bits per heavy atom. The number of fused-ring (bicyclic) bond motifs is 2. The third-order valence-electron chi connectivity index (χ3n) is 2.94. The molecular formula is C14H13NO. The minimum atomic E-state index is 0.899. The van der Waals surface area contributed by atoms with Crippen LogP contribution in [-0.2, 0) is 12.8 Å². The summed E-state index contributed by atoms with van der Waals surface area (Å²) in [6.45, 7) is 2.01. The molecule has 16 heavy (non-hydrogen) atoms. The molecule has 0 radical (unpaired) electrons. The molecule has 0 saturated heterocycles. The Bertz CT molecular complexity index is 534. The lowest BCUT2D eigenvalue weighted by Crippen LogP contribution is -1.91. The Balaban J connectivity index is 2.08. The minimum absolute atomic E-state index is 0.899. The molecule has 3 rings (SSSR count). The van der Waals surface area contributed by atoms with Crippen LogP contribution in [0.3, 0.4) is 0 Å². The molecule has 0 atom stereocenters. The fourth-order valence-electron chi connectivity index (χ4n) is 2.09. The Morgan fingerprint density at radius 2 is 1.88 bits per heavy atom. The fourth-order valence-corrected chi connectivity index (χ4v) is 2.09. The highest BCUT2D eigenvalue weighted by atomic mass is 16.5. The SMILES string of the molecule is Cc1cc2c(cn1)Oc1ccccc1CC2. The first-order valence-corrected chi connectivity index (χ1v) is 5.54. The van der Waals surface area contributed by atoms with E-state index in [4.69, 9.17) is 4.74 Å². The van der Waals surface area contributed by atoms with Gasteiger partial charge in [0.2, 0.25) is 0 Å². The fraction of sp³-hybridized carbons (Fsp3) is 0.214. The lowest BCUT2D eigenvalue weighted by atomic mass is 10.1. The number of benzene rings is 1. The van der Waals surface area contributed by atoms with Crippen LogP contribution in [0, 0.1) is 6.92 Å². The summed E-state index contributed by atoms with van der Waals surface area (Å²) < 4.78 is 5.89. The maximum Gasteiger partial charge on any atom is 0.148 e. The number of pyridine rings is 1. The van der Waals surface area contributed by atoms with Crippen LogP contribution in [0.15, 0.2) is 36.5 Å². The molecule has 0 bridgehead atoms. The predicted octanol–water partition coefficient (Wildman–Crippen LogP) is 3.28. The van der Waals surface area contributed by atoms with E-state index in [1.165, 1.54) is 11.1 Å². The smallest absolute Gasteiger partial charge is 0.148 e. The first kappa shape index (κ1) is 9.40. The quantitative estimate of drug-likeness (QED) is 0.667. The second kappa shape index (κ2) is 3.63. The van der Waals surface area contributed by atoms with Gasteiger partial charge in [0.25, 0.3) is 0 Å². The maximum atomic E-state index is 5.89. The van der Waals surface area contributed by atoms with Gasteiger partial charge < -0.3 is 4.74 Å². The highest BCUT2D eigenvalue weighted by Gasteiger charge is 2.14. The largest absolute Gasteiger partial charge is 0.455 e. The van der Waals surface area contributed by atoms with Crippen LogP contribution in [0.25, 0.3) is 0 Å². The molecule has 1 aromatic heterocycles. The number of aromatic nitrogens is 1. The Morgan fingerprint density at radius 1 is 1.06 bits per heavy atom. The number of para-hydroxylation sites is 1. The van der Waals surface area contributed by atoms with Crippen LogP contribution >= 0.6 is 0 Å². The van der Waals surface area contributed by atoms with Crippen LogP contribution in [0.5, 0.6) is 11.5 Å². The van der Waals surface area contributed by atoms with E-state index >= 15 is 0 Å². The van der Waals surface area contributed by atoms with E-state index in [1.807, 2.05) is 25.3 Å². The van der Waals surface area contributed by atoms with E-state index in [9.17, 15) is 0 Å². The molecule has 0 aliphatic carbocycles. The summed E-state index contributed by atoms with van der Waals surface area (Å²) in [5.41, 5.74) is 3.58. The second-order valence-corrected chi connectivity index (χ2v) is 4.14. The van der Waals surface area contributed by atoms with E-state index < -0.39 is 0 Å². The van der Waals surface area contributed by atoms with Gasteiger partial charge in [-0.15, -0.1) is 0 Å². The van der Waals surface area contributed by atoms with Crippen LogP contribution in [0.4, 0.5) is 0 Å². The van der Waals surface area contributed by atoms with Gasteiger partial charge in [0.15, 0.2) is 0 Å². The van der Waals surface area contributed by atoms with Gasteiger partial charge in [-0.25, -0.2) is 0 Å². The van der Waals surface area contributed by atoms with Crippen molar-refractivity contribution < 1.29 is 4.74 Å². The van der Waals surface area contributed by atoms with Crippen LogP contribution in [0.2, 0.25) is 0 Å². The number of hydrogen-bond donors (Lipinski definition) is 0. The van der Waals surface area contributed by atoms with Crippen molar-refractivity contribution in [1.29, 1.82) is 0 Å². The molecule has 1 aliphatic heterocycles. The average Bonchev–Trinajstić information content (AvgIpc) is 2.48. The zero-order valence-corrected chi connectivity index (χ0v) is 9.23. The van der Waals surface area contributed by atoms with E-state index in [2.05, 4.69) is 23.2 Å². The Hall–Kier alpha value is -1.83. The van der Waals surface area contributed by atoms with Crippen molar-refractivity contribution in [2.75, 3.05) is 0 Å². The molecule has 0 amide bonds. The minimum Gasteiger partial charge on any atom is -0.455 e. The highest BCUT2D eigenvalue weighted by Crippen LogP contribution is 2.32. The summed E-state index contributed by atoms with van der Waals surface area (Å²) in [4.78, 5) is 4.28. The molecule has 2 heteroatoms. The van der Waals surface area contributed by atoms with Crippen molar-refractivity contribution in [1.82, 2.24) is 4.98 Å². The Kier molecular flexibility index (Phi) is 2.13. The van der Waals surface area contributed by atoms with Crippen molar-refractivity contribution in [2.45, 2.75) is 19.8 Å². The van der Waals surface area contributed by atoms with Crippen LogP contribution in [-0.4, -0.2) is 4.98 Å². The van der Waals surface area contributed by atoms with Crippen molar-refractivity contribution in [3.63, 3.8) is 0 Å². The molecule has 0 spiro atoms. The average molecular weight is 211 g/mol. The topological polar surface area (TPSA) is 22.1 Å². The zero-order chi connectivity index (χ0) is 11.0. The summed E-state index contributed by atoms with van der Waals surface area (Å²) in [6, 6.07) is 10.3. The van der Waals surface area contributed by atoms with E-state index in [-0.39, 0.29) is 0 Å². The summed E-state index contributed by atoms with van der Waals surface area (Å²) in [5.74, 6) is 1.86. The second-order valence-electron chi connectivity index (χ2n) is 4.14. The van der Waals surface area contributed by atoms with E-state index in [0.717, 1.165) is 30.0 Å². The normalized spacial score (nSPS) is 13.3. The molecule has 2 heterocycles. The molecule has 0 N–H and O–H groups in total. The third kappa shape index (κ3) is 1.56. The number of hydrogen-bond acceptors (Lipinski definition) is 2. The van der Waals surface area contributed by atoms with Crippen molar-refractivity contribution >= 4 is 0 Å². The van der Waals surface area contributed by atoms with Crippen molar-refractivity contribution in [2.24, 2.45) is 0 Å². The molecule has 0 saturated carbocycles. The summed E-state index contributed by atoms with van der Waals surface area (Å²) in [7, 11) is 0. The molecule has 0 fully saturated rings. The number of rotatable bonds is 0. The standard InChI is InChI=1S/C14H13NO/c1-10-8-12-7-6-11-4-2-3-5-13(11)16-14(12)9-15-10/h2-5,8-9H,6-7H2,1H3. The third-order valence-corrected chi connectivity index (χ3v) is 2.94. The van der Waals surface area contributed by atoms with E-state index in [0.29, 0.717) is 0 Å². The predicted molar refractivity (Wildman–Crippen MR) is 62.9 cm³/mol. The highest BCUT2D eigenvalue weighted by molar-refractivity contribution is 5.44. The molecule has 80 valence electrons. The summed E-state index contributed by atoms with van der Waals surface area (Å²) in [5, 5.41) is 0. The zero-order valence-electron chi connectivity index (χ0n) is 9.23. The van der Waals surface area contributed by atoms with Crippen molar-refractivity contribution in [3.8, 4) is 11.5 Å². The van der Waals surface area contributed by atoms with Gasteiger partial charge >= 0.3 is 0 Å². The van der Waals surface area contributed by atoms with Gasteiger partial charge in [-0.1, -0.05) is 18.2 Å². The van der Waals surface area contributed by atoms with E-state index in [1.54, 1.807) is 0 Å². The molecular weight excluding hydrogens is 198 g/mol. The maximum absolute atomic E-state index is 5.89. The van der Waals surface area contributed by atoms with Gasteiger partial charge in [-0.3, -0.25) is 4.98 Å². The first-order chi connectivity index (χ1) is 7.83.